The molecule has 0 aliphatic heterocycles. The lowest BCUT2D eigenvalue weighted by molar-refractivity contribution is -0.119. The number of anilines is 2. The number of nitrogen functional groups attached to an aromatic ring is 1. The van der Waals surface area contributed by atoms with E-state index in [-0.39, 0.29) is 29.2 Å². The first-order valence-electron chi connectivity index (χ1n) is 10.2. The summed E-state index contributed by atoms with van der Waals surface area (Å²) in [5, 5.41) is 9.88. The molecule has 1 saturated carbocycles. The monoisotopic (exact) mass is 437 g/mol. The van der Waals surface area contributed by atoms with Gasteiger partial charge in [-0.2, -0.15) is 5.10 Å². The summed E-state index contributed by atoms with van der Waals surface area (Å²) in [6.45, 7) is 0.599. The lowest BCUT2D eigenvalue weighted by atomic mass is 10.1. The number of H-pyrrole nitrogens is 2. The van der Waals surface area contributed by atoms with Crippen LogP contribution in [0.2, 0.25) is 0 Å². The number of aromatic amines is 2. The van der Waals surface area contributed by atoms with Crippen LogP contribution in [0.25, 0.3) is 0 Å². The van der Waals surface area contributed by atoms with E-state index in [2.05, 4.69) is 20.7 Å². The zero-order valence-corrected chi connectivity index (χ0v) is 17.1. The summed E-state index contributed by atoms with van der Waals surface area (Å²) in [5.74, 6) is -1.09. The third-order valence-corrected chi connectivity index (χ3v) is 5.43. The number of hydrogen-bond acceptors (Lipinski definition) is 6. The molecule has 1 fully saturated rings. The van der Waals surface area contributed by atoms with Crippen LogP contribution in [0.15, 0.2) is 52.3 Å². The summed E-state index contributed by atoms with van der Waals surface area (Å²) in [7, 11) is 0. The van der Waals surface area contributed by atoms with Gasteiger partial charge in [-0.05, 0) is 24.8 Å². The first kappa shape index (κ1) is 21.1. The first-order valence-corrected chi connectivity index (χ1v) is 10.2. The second kappa shape index (κ2) is 8.92. The minimum Gasteiger partial charge on any atom is -0.392 e. The quantitative estimate of drug-likeness (QED) is 0.375. The Morgan fingerprint density at radius 2 is 1.94 bits per heavy atom. The Kier molecular flexibility index (Phi) is 5.88. The average molecular weight is 437 g/mol. The molecule has 6 N–H and O–H groups in total. The number of carbonyl (C=O) groups excluding carboxylic acids is 2. The van der Waals surface area contributed by atoms with Crippen molar-refractivity contribution >= 4 is 23.2 Å². The molecule has 2 heterocycles. The van der Waals surface area contributed by atoms with E-state index in [1.54, 1.807) is 17.1 Å². The molecule has 11 nitrogen and oxygen atoms in total. The van der Waals surface area contributed by atoms with Crippen LogP contribution in [0.4, 0.5) is 11.4 Å². The van der Waals surface area contributed by atoms with E-state index in [4.69, 9.17) is 5.73 Å². The Bertz CT molecular complexity index is 1240. The van der Waals surface area contributed by atoms with Gasteiger partial charge in [0, 0.05) is 18.2 Å². The van der Waals surface area contributed by atoms with Crippen molar-refractivity contribution in [1.29, 1.82) is 0 Å². The number of hydrogen-bond donors (Lipinski definition) is 5. The SMILES string of the molecule is Nc1c(C(=O)N[C@@H]2CC[C@@H](C(=O)Nc3cnn(Cc4ccccc4)c3)C2)[nH]c(=O)[nH]c1=O. The highest BCUT2D eigenvalue weighted by Crippen LogP contribution is 2.27. The van der Waals surface area contributed by atoms with Crippen LogP contribution >= 0.6 is 0 Å². The second-order valence-corrected chi connectivity index (χ2v) is 7.78. The van der Waals surface area contributed by atoms with E-state index in [0.29, 0.717) is 31.5 Å². The number of benzene rings is 1. The van der Waals surface area contributed by atoms with Crippen molar-refractivity contribution in [2.45, 2.75) is 31.8 Å². The lowest BCUT2D eigenvalue weighted by Gasteiger charge is -2.14. The Hall–Kier alpha value is -4.15. The predicted octanol–water partition coefficient (Wildman–Crippen LogP) is 0.427. The second-order valence-electron chi connectivity index (χ2n) is 7.78. The highest BCUT2D eigenvalue weighted by Gasteiger charge is 2.31. The standard InChI is InChI=1S/C21H23N7O4/c22-16-17(26-21(32)27-19(16)30)20(31)24-14-7-6-13(8-14)18(29)25-15-9-23-28(11-15)10-12-4-2-1-3-5-12/h1-5,9,11,13-14H,6-8,10,22H2,(H,24,31)(H,25,29)(H2,26,27,30,32)/t13-,14-/m1/s1. The van der Waals surface area contributed by atoms with E-state index in [1.807, 2.05) is 35.3 Å². The van der Waals surface area contributed by atoms with Crippen LogP contribution in [0.1, 0.15) is 35.3 Å². The van der Waals surface area contributed by atoms with Gasteiger partial charge in [-0.1, -0.05) is 30.3 Å². The van der Waals surface area contributed by atoms with Crippen molar-refractivity contribution in [3.63, 3.8) is 0 Å². The van der Waals surface area contributed by atoms with Crippen LogP contribution in [0.3, 0.4) is 0 Å². The molecule has 0 spiro atoms. The minimum absolute atomic E-state index is 0.148. The number of carbonyl (C=O) groups is 2. The lowest BCUT2D eigenvalue weighted by Crippen LogP contribution is -2.38. The van der Waals surface area contributed by atoms with Crippen molar-refractivity contribution in [3.8, 4) is 0 Å². The van der Waals surface area contributed by atoms with E-state index < -0.39 is 17.2 Å². The van der Waals surface area contributed by atoms with Crippen molar-refractivity contribution < 1.29 is 9.59 Å². The van der Waals surface area contributed by atoms with Gasteiger partial charge in [0.05, 0.1) is 18.4 Å². The number of nitrogens with zero attached hydrogens (tertiary/aromatic N) is 2. The van der Waals surface area contributed by atoms with Crippen LogP contribution in [0, 0.1) is 5.92 Å². The number of nitrogens with two attached hydrogens (primary N) is 1. The van der Waals surface area contributed by atoms with Gasteiger partial charge in [-0.3, -0.25) is 24.0 Å². The zero-order chi connectivity index (χ0) is 22.7. The molecule has 2 amide bonds. The molecular formula is C21H23N7O4. The molecular weight excluding hydrogens is 414 g/mol. The fraction of sp³-hybridized carbons (Fsp3) is 0.286. The van der Waals surface area contributed by atoms with Gasteiger partial charge in [0.2, 0.25) is 5.91 Å². The van der Waals surface area contributed by atoms with Gasteiger partial charge in [0.15, 0.2) is 0 Å². The summed E-state index contributed by atoms with van der Waals surface area (Å²) >= 11 is 0. The number of rotatable bonds is 6. The molecule has 3 aromatic rings. The summed E-state index contributed by atoms with van der Waals surface area (Å²) in [6.07, 6.45) is 4.98. The molecule has 0 bridgehead atoms. The molecule has 1 aliphatic rings. The van der Waals surface area contributed by atoms with E-state index in [9.17, 15) is 19.2 Å². The first-order chi connectivity index (χ1) is 15.4. The summed E-state index contributed by atoms with van der Waals surface area (Å²) in [6, 6.07) is 9.59. The van der Waals surface area contributed by atoms with Gasteiger partial charge in [0.1, 0.15) is 11.4 Å². The van der Waals surface area contributed by atoms with E-state index in [1.165, 1.54) is 0 Å². The van der Waals surface area contributed by atoms with Crippen molar-refractivity contribution in [2.24, 2.45) is 5.92 Å². The highest BCUT2D eigenvalue weighted by molar-refractivity contribution is 5.97. The molecule has 11 heteroatoms. The van der Waals surface area contributed by atoms with Gasteiger partial charge in [-0.25, -0.2) is 4.79 Å². The molecule has 1 aliphatic carbocycles. The average Bonchev–Trinajstić information content (AvgIpc) is 3.41. The maximum absolute atomic E-state index is 12.7. The smallest absolute Gasteiger partial charge is 0.326 e. The van der Waals surface area contributed by atoms with Crippen LogP contribution in [-0.4, -0.2) is 37.6 Å². The van der Waals surface area contributed by atoms with Gasteiger partial charge in [-0.15, -0.1) is 0 Å². The van der Waals surface area contributed by atoms with Crippen LogP contribution < -0.4 is 27.6 Å². The number of amides is 2. The fourth-order valence-corrected chi connectivity index (χ4v) is 3.81. The molecule has 32 heavy (non-hydrogen) atoms. The third-order valence-electron chi connectivity index (χ3n) is 5.43. The molecule has 2 aromatic heterocycles. The summed E-state index contributed by atoms with van der Waals surface area (Å²) < 4.78 is 1.75. The maximum Gasteiger partial charge on any atom is 0.326 e. The molecule has 1 aromatic carbocycles. The fourth-order valence-electron chi connectivity index (χ4n) is 3.81. The normalized spacial score (nSPS) is 17.8. The van der Waals surface area contributed by atoms with Gasteiger partial charge < -0.3 is 21.4 Å². The number of aromatic nitrogens is 4. The van der Waals surface area contributed by atoms with Gasteiger partial charge in [0.25, 0.3) is 11.5 Å². The van der Waals surface area contributed by atoms with Gasteiger partial charge >= 0.3 is 5.69 Å². The number of nitrogens with one attached hydrogen (secondary N) is 4. The maximum atomic E-state index is 12.7. The minimum atomic E-state index is -0.824. The summed E-state index contributed by atoms with van der Waals surface area (Å²) in [5.41, 5.74) is 5.02. The Balaban J connectivity index is 1.32. The van der Waals surface area contributed by atoms with Crippen molar-refractivity contribution in [2.75, 3.05) is 11.1 Å². The van der Waals surface area contributed by atoms with Crippen LogP contribution in [0.5, 0.6) is 0 Å². The molecule has 0 unspecified atom stereocenters. The van der Waals surface area contributed by atoms with Crippen LogP contribution in [-0.2, 0) is 11.3 Å². The van der Waals surface area contributed by atoms with Crippen molar-refractivity contribution in [1.82, 2.24) is 25.1 Å². The largest absolute Gasteiger partial charge is 0.392 e. The Labute approximate surface area is 182 Å². The Morgan fingerprint density at radius 1 is 1.16 bits per heavy atom. The molecule has 0 saturated heterocycles. The molecule has 4 rings (SSSR count). The highest BCUT2D eigenvalue weighted by atomic mass is 16.2. The van der Waals surface area contributed by atoms with E-state index >= 15 is 0 Å². The molecule has 2 atom stereocenters. The Morgan fingerprint density at radius 3 is 2.72 bits per heavy atom. The zero-order valence-electron chi connectivity index (χ0n) is 17.1. The van der Waals surface area contributed by atoms with Crippen molar-refractivity contribution in [3.05, 3.63) is 74.8 Å². The molecule has 166 valence electrons. The topological polar surface area (TPSA) is 168 Å². The molecule has 0 radical (unpaired) electrons. The van der Waals surface area contributed by atoms with E-state index in [0.717, 1.165) is 5.56 Å². The predicted molar refractivity (Wildman–Crippen MR) is 117 cm³/mol. The summed E-state index contributed by atoms with van der Waals surface area (Å²) in [4.78, 5) is 52.3. The third kappa shape index (κ3) is 4.77.